The average molecular weight is 298 g/mol. The highest BCUT2D eigenvalue weighted by Gasteiger charge is 2.17. The van der Waals surface area contributed by atoms with Gasteiger partial charge in [-0.3, -0.25) is 0 Å². The van der Waals surface area contributed by atoms with Gasteiger partial charge >= 0.3 is 0 Å². The van der Waals surface area contributed by atoms with Crippen LogP contribution in [0.25, 0.3) is 0 Å². The molecule has 4 nitrogen and oxygen atoms in total. The number of hydrogen-bond acceptors (Lipinski definition) is 4. The first-order valence-electron chi connectivity index (χ1n) is 7.52. The van der Waals surface area contributed by atoms with Crippen LogP contribution < -0.4 is 10.5 Å². The smallest absolute Gasteiger partial charge is 0.131 e. The fourth-order valence-corrected chi connectivity index (χ4v) is 2.29. The average Bonchev–Trinajstić information content (AvgIpc) is 2.50. The van der Waals surface area contributed by atoms with Crippen LogP contribution in [0.5, 0.6) is 5.75 Å². The highest BCUT2D eigenvalue weighted by atomic mass is 19.1. The number of benzene rings is 1. The van der Waals surface area contributed by atoms with Crippen LogP contribution in [-0.2, 0) is 4.74 Å². The molecule has 0 aliphatic heterocycles. The predicted molar refractivity (Wildman–Crippen MR) is 83.1 cm³/mol. The summed E-state index contributed by atoms with van der Waals surface area (Å²) in [5, 5.41) is 0. The van der Waals surface area contributed by atoms with Crippen LogP contribution >= 0.6 is 0 Å². The van der Waals surface area contributed by atoms with Crippen molar-refractivity contribution in [2.24, 2.45) is 5.73 Å². The Kier molecular flexibility index (Phi) is 8.27. The molecule has 120 valence electrons. The van der Waals surface area contributed by atoms with Crippen LogP contribution in [0.3, 0.4) is 0 Å². The Morgan fingerprint density at radius 3 is 2.67 bits per heavy atom. The summed E-state index contributed by atoms with van der Waals surface area (Å²) in [7, 11) is 1.53. The van der Waals surface area contributed by atoms with Gasteiger partial charge in [0.1, 0.15) is 11.6 Å². The molecule has 1 unspecified atom stereocenters. The van der Waals surface area contributed by atoms with Gasteiger partial charge in [0, 0.05) is 31.3 Å². The van der Waals surface area contributed by atoms with E-state index in [2.05, 4.69) is 11.8 Å². The third-order valence-corrected chi connectivity index (χ3v) is 3.56. The first kappa shape index (κ1) is 17.9. The maximum absolute atomic E-state index is 13.9. The summed E-state index contributed by atoms with van der Waals surface area (Å²) in [5.41, 5.74) is 6.61. The maximum atomic E-state index is 13.9. The van der Waals surface area contributed by atoms with Gasteiger partial charge in [-0.15, -0.1) is 0 Å². The molecular weight excluding hydrogens is 271 g/mol. The molecule has 21 heavy (non-hydrogen) atoms. The van der Waals surface area contributed by atoms with E-state index in [-0.39, 0.29) is 11.9 Å². The molecule has 1 aromatic carbocycles. The SMILES string of the molecule is CCOCCN(CC)CCC(N)c1c(F)cccc1OC. The fraction of sp³-hybridized carbons (Fsp3) is 0.625. The van der Waals surface area contributed by atoms with Gasteiger partial charge in [0.15, 0.2) is 0 Å². The number of rotatable bonds is 10. The first-order valence-corrected chi connectivity index (χ1v) is 7.52. The molecule has 0 amide bonds. The first-order chi connectivity index (χ1) is 10.1. The summed E-state index contributed by atoms with van der Waals surface area (Å²) in [4.78, 5) is 2.25. The quantitative estimate of drug-likeness (QED) is 0.675. The lowest BCUT2D eigenvalue weighted by molar-refractivity contribution is 0.114. The molecule has 0 aromatic heterocycles. The molecule has 0 bridgehead atoms. The highest BCUT2D eigenvalue weighted by Crippen LogP contribution is 2.28. The third kappa shape index (κ3) is 5.61. The van der Waals surface area contributed by atoms with E-state index in [1.54, 1.807) is 12.1 Å². The summed E-state index contributed by atoms with van der Waals surface area (Å²) < 4.78 is 24.5. The van der Waals surface area contributed by atoms with Crippen LogP contribution in [0.1, 0.15) is 31.9 Å². The van der Waals surface area contributed by atoms with Crippen LogP contribution in [0.15, 0.2) is 18.2 Å². The molecule has 0 aliphatic rings. The predicted octanol–water partition coefficient (Wildman–Crippen LogP) is 2.58. The largest absolute Gasteiger partial charge is 0.496 e. The summed E-state index contributed by atoms with van der Waals surface area (Å²) in [6.07, 6.45) is 0.678. The van der Waals surface area contributed by atoms with Gasteiger partial charge in [-0.2, -0.15) is 0 Å². The molecule has 5 heteroatoms. The lowest BCUT2D eigenvalue weighted by atomic mass is 10.0. The topological polar surface area (TPSA) is 47.7 Å². The molecule has 2 N–H and O–H groups in total. The number of nitrogens with zero attached hydrogens (tertiary/aromatic N) is 1. The van der Waals surface area contributed by atoms with E-state index in [9.17, 15) is 4.39 Å². The zero-order valence-electron chi connectivity index (χ0n) is 13.3. The molecule has 0 saturated heterocycles. The minimum absolute atomic E-state index is 0.306. The zero-order valence-corrected chi connectivity index (χ0v) is 13.3. The standard InChI is InChI=1S/C16H27FN2O2/c1-4-19(11-12-21-5-2)10-9-14(18)16-13(17)7-6-8-15(16)20-3/h6-8,14H,4-5,9-12,18H2,1-3H3. The Balaban J connectivity index is 2.58. The number of likely N-dealkylation sites (N-methyl/N-ethyl adjacent to an activating group) is 1. The molecule has 0 fully saturated rings. The van der Waals surface area contributed by atoms with Crippen molar-refractivity contribution in [2.75, 3.05) is 40.0 Å². The second-order valence-electron chi connectivity index (χ2n) is 4.88. The Morgan fingerprint density at radius 1 is 1.29 bits per heavy atom. The van der Waals surface area contributed by atoms with Gasteiger partial charge in [-0.25, -0.2) is 4.39 Å². The van der Waals surface area contributed by atoms with E-state index in [0.29, 0.717) is 24.3 Å². The van der Waals surface area contributed by atoms with Crippen LogP contribution in [0, 0.1) is 5.82 Å². The van der Waals surface area contributed by atoms with Crippen molar-refractivity contribution in [3.63, 3.8) is 0 Å². The molecule has 1 atom stereocenters. The highest BCUT2D eigenvalue weighted by molar-refractivity contribution is 5.37. The van der Waals surface area contributed by atoms with Crippen LogP contribution in [0.2, 0.25) is 0 Å². The molecule has 0 aliphatic carbocycles. The summed E-state index contributed by atoms with van der Waals surface area (Å²) in [5.74, 6) is 0.207. The van der Waals surface area contributed by atoms with Crippen molar-refractivity contribution in [1.29, 1.82) is 0 Å². The van der Waals surface area contributed by atoms with E-state index < -0.39 is 0 Å². The van der Waals surface area contributed by atoms with E-state index in [1.807, 2.05) is 6.92 Å². The van der Waals surface area contributed by atoms with Crippen molar-refractivity contribution in [3.8, 4) is 5.75 Å². The molecule has 0 heterocycles. The molecule has 0 spiro atoms. The van der Waals surface area contributed by atoms with Crippen molar-refractivity contribution in [1.82, 2.24) is 4.90 Å². The van der Waals surface area contributed by atoms with Crippen molar-refractivity contribution in [2.45, 2.75) is 26.3 Å². The van der Waals surface area contributed by atoms with Gasteiger partial charge in [-0.1, -0.05) is 13.0 Å². The van der Waals surface area contributed by atoms with Crippen LogP contribution in [0.4, 0.5) is 4.39 Å². The fourth-order valence-electron chi connectivity index (χ4n) is 2.29. The second-order valence-corrected chi connectivity index (χ2v) is 4.88. The monoisotopic (exact) mass is 298 g/mol. The third-order valence-electron chi connectivity index (χ3n) is 3.56. The molecule has 0 radical (unpaired) electrons. The Labute approximate surface area is 127 Å². The number of ether oxygens (including phenoxy) is 2. The van der Waals surface area contributed by atoms with E-state index in [4.69, 9.17) is 15.2 Å². The van der Waals surface area contributed by atoms with Crippen molar-refractivity contribution < 1.29 is 13.9 Å². The van der Waals surface area contributed by atoms with Gasteiger partial charge in [0.2, 0.25) is 0 Å². The maximum Gasteiger partial charge on any atom is 0.131 e. The Morgan fingerprint density at radius 2 is 2.05 bits per heavy atom. The Bertz CT molecular complexity index is 415. The summed E-state index contributed by atoms with van der Waals surface area (Å²) in [6, 6.07) is 4.42. The van der Waals surface area contributed by atoms with Crippen molar-refractivity contribution >= 4 is 0 Å². The number of nitrogens with two attached hydrogens (primary N) is 1. The van der Waals surface area contributed by atoms with Gasteiger partial charge in [0.05, 0.1) is 13.7 Å². The van der Waals surface area contributed by atoms with Gasteiger partial charge in [-0.05, 0) is 32.0 Å². The summed E-state index contributed by atoms with van der Waals surface area (Å²) in [6.45, 7) is 8.12. The minimum Gasteiger partial charge on any atom is -0.496 e. The normalized spacial score (nSPS) is 12.7. The minimum atomic E-state index is -0.373. The van der Waals surface area contributed by atoms with Gasteiger partial charge < -0.3 is 20.1 Å². The van der Waals surface area contributed by atoms with E-state index in [1.165, 1.54) is 13.2 Å². The molecule has 0 saturated carbocycles. The molecule has 1 aromatic rings. The molecular formula is C16H27FN2O2. The number of methoxy groups -OCH3 is 1. The zero-order chi connectivity index (χ0) is 15.7. The lowest BCUT2D eigenvalue weighted by Gasteiger charge is -2.23. The number of hydrogen-bond donors (Lipinski definition) is 1. The number of halogens is 1. The summed E-state index contributed by atoms with van der Waals surface area (Å²) >= 11 is 0. The second kappa shape index (κ2) is 9.71. The molecule has 1 rings (SSSR count). The van der Waals surface area contributed by atoms with E-state index >= 15 is 0 Å². The van der Waals surface area contributed by atoms with Gasteiger partial charge in [0.25, 0.3) is 0 Å². The lowest BCUT2D eigenvalue weighted by Crippen LogP contribution is -2.30. The van der Waals surface area contributed by atoms with Crippen LogP contribution in [-0.4, -0.2) is 44.9 Å². The van der Waals surface area contributed by atoms with Crippen molar-refractivity contribution in [3.05, 3.63) is 29.6 Å². The van der Waals surface area contributed by atoms with E-state index in [0.717, 1.165) is 26.2 Å². The Hall–Kier alpha value is -1.17.